The molecule has 1 aliphatic rings. The predicted molar refractivity (Wildman–Crippen MR) is 75.7 cm³/mol. The standard InChI is InChI=1S/C16H16O5/c1-8-2-3-9(4-12(8)18)16-14(20)7-11-13(19)5-10(17)6-15(11)21-16/h2-6,14,16-20H,7H2,1H3/t14-,16-/m1/s1. The number of phenols is 3. The van der Waals surface area contributed by atoms with Crippen LogP contribution in [-0.4, -0.2) is 26.5 Å². The predicted octanol–water partition coefficient (Wildman–Crippen LogP) is 2.15. The van der Waals surface area contributed by atoms with Gasteiger partial charge in [-0.1, -0.05) is 12.1 Å². The summed E-state index contributed by atoms with van der Waals surface area (Å²) in [6.07, 6.45) is -1.30. The van der Waals surface area contributed by atoms with E-state index in [9.17, 15) is 20.4 Å². The summed E-state index contributed by atoms with van der Waals surface area (Å²) in [6.45, 7) is 1.78. The smallest absolute Gasteiger partial charge is 0.150 e. The number of hydrogen-bond donors (Lipinski definition) is 4. The third-order valence-electron chi connectivity index (χ3n) is 3.75. The Bertz CT molecular complexity index is 695. The molecule has 5 heteroatoms. The highest BCUT2D eigenvalue weighted by molar-refractivity contribution is 5.51. The van der Waals surface area contributed by atoms with Gasteiger partial charge < -0.3 is 25.2 Å². The van der Waals surface area contributed by atoms with Crippen molar-refractivity contribution in [2.75, 3.05) is 0 Å². The first kappa shape index (κ1) is 13.6. The zero-order chi connectivity index (χ0) is 15.1. The van der Waals surface area contributed by atoms with Crippen LogP contribution in [0.4, 0.5) is 0 Å². The van der Waals surface area contributed by atoms with Crippen LogP contribution in [0.5, 0.6) is 23.0 Å². The van der Waals surface area contributed by atoms with E-state index in [0.717, 1.165) is 5.56 Å². The lowest BCUT2D eigenvalue weighted by Gasteiger charge is -2.31. The van der Waals surface area contributed by atoms with Gasteiger partial charge in [0.25, 0.3) is 0 Å². The van der Waals surface area contributed by atoms with Gasteiger partial charge in [0.2, 0.25) is 0 Å². The number of ether oxygens (including phenoxy) is 1. The van der Waals surface area contributed by atoms with Gasteiger partial charge in [-0.3, -0.25) is 0 Å². The lowest BCUT2D eigenvalue weighted by atomic mass is 9.93. The molecule has 0 saturated carbocycles. The van der Waals surface area contributed by atoms with Crippen LogP contribution in [0.15, 0.2) is 30.3 Å². The minimum absolute atomic E-state index is 0.103. The van der Waals surface area contributed by atoms with Gasteiger partial charge in [-0.25, -0.2) is 0 Å². The van der Waals surface area contributed by atoms with Gasteiger partial charge in [0.1, 0.15) is 29.1 Å². The molecule has 1 heterocycles. The highest BCUT2D eigenvalue weighted by Gasteiger charge is 2.32. The summed E-state index contributed by atoms with van der Waals surface area (Å²) in [5.41, 5.74) is 1.84. The number of aryl methyl sites for hydroxylation is 1. The number of phenolic OH excluding ortho intramolecular Hbond substituents is 3. The van der Waals surface area contributed by atoms with E-state index in [1.807, 2.05) is 0 Å². The van der Waals surface area contributed by atoms with E-state index in [4.69, 9.17) is 4.74 Å². The first-order valence-corrected chi connectivity index (χ1v) is 6.65. The van der Waals surface area contributed by atoms with Crippen LogP contribution in [0, 0.1) is 6.92 Å². The van der Waals surface area contributed by atoms with Gasteiger partial charge >= 0.3 is 0 Å². The second kappa shape index (κ2) is 4.86. The zero-order valence-corrected chi connectivity index (χ0v) is 11.4. The number of benzene rings is 2. The molecular formula is C16H16O5. The van der Waals surface area contributed by atoms with Crippen molar-refractivity contribution in [1.82, 2.24) is 0 Å². The Morgan fingerprint density at radius 3 is 2.52 bits per heavy atom. The lowest BCUT2D eigenvalue weighted by molar-refractivity contribution is 0.0197. The average molecular weight is 288 g/mol. The van der Waals surface area contributed by atoms with E-state index in [-0.39, 0.29) is 23.7 Å². The maximum atomic E-state index is 10.2. The van der Waals surface area contributed by atoms with Crippen molar-refractivity contribution >= 4 is 0 Å². The summed E-state index contributed by atoms with van der Waals surface area (Å²) in [6, 6.07) is 7.69. The molecule has 0 amide bonds. The monoisotopic (exact) mass is 288 g/mol. The molecule has 0 radical (unpaired) electrons. The van der Waals surface area contributed by atoms with Crippen molar-refractivity contribution in [3.8, 4) is 23.0 Å². The Kier molecular flexibility index (Phi) is 3.14. The lowest BCUT2D eigenvalue weighted by Crippen LogP contribution is -2.30. The van der Waals surface area contributed by atoms with Crippen molar-refractivity contribution in [1.29, 1.82) is 0 Å². The molecule has 3 rings (SSSR count). The second-order valence-electron chi connectivity index (χ2n) is 5.30. The number of fused-ring (bicyclic) bond motifs is 1. The number of hydrogen-bond acceptors (Lipinski definition) is 5. The molecule has 0 saturated heterocycles. The second-order valence-corrected chi connectivity index (χ2v) is 5.30. The van der Waals surface area contributed by atoms with Crippen molar-refractivity contribution in [2.45, 2.75) is 25.6 Å². The molecule has 0 bridgehead atoms. The average Bonchev–Trinajstić information content (AvgIpc) is 2.42. The topological polar surface area (TPSA) is 90.2 Å². The molecule has 110 valence electrons. The Morgan fingerprint density at radius 1 is 1.05 bits per heavy atom. The molecule has 2 aromatic rings. The summed E-state index contributed by atoms with van der Waals surface area (Å²) in [5, 5.41) is 39.4. The Labute approximate surface area is 121 Å². The van der Waals surface area contributed by atoms with Crippen molar-refractivity contribution in [2.24, 2.45) is 0 Å². The molecule has 2 aromatic carbocycles. The van der Waals surface area contributed by atoms with Crippen molar-refractivity contribution in [3.63, 3.8) is 0 Å². The largest absolute Gasteiger partial charge is 0.508 e. The fourth-order valence-electron chi connectivity index (χ4n) is 2.55. The highest BCUT2D eigenvalue weighted by Crippen LogP contribution is 2.42. The van der Waals surface area contributed by atoms with Gasteiger partial charge in [0, 0.05) is 24.1 Å². The minimum atomic E-state index is -0.852. The van der Waals surface area contributed by atoms with Gasteiger partial charge in [-0.15, -0.1) is 0 Å². The first-order valence-electron chi connectivity index (χ1n) is 6.65. The number of rotatable bonds is 1. The first-order chi connectivity index (χ1) is 9.95. The third-order valence-corrected chi connectivity index (χ3v) is 3.75. The molecule has 0 fully saturated rings. The van der Waals surface area contributed by atoms with Crippen molar-refractivity contribution in [3.05, 3.63) is 47.0 Å². The zero-order valence-electron chi connectivity index (χ0n) is 11.4. The van der Waals surface area contributed by atoms with E-state index in [1.54, 1.807) is 25.1 Å². The molecule has 0 unspecified atom stereocenters. The van der Waals surface area contributed by atoms with Gasteiger partial charge in [-0.2, -0.15) is 0 Å². The fraction of sp³-hybridized carbons (Fsp3) is 0.250. The maximum Gasteiger partial charge on any atom is 0.150 e. The maximum absolute atomic E-state index is 10.2. The molecule has 21 heavy (non-hydrogen) atoms. The van der Waals surface area contributed by atoms with E-state index in [0.29, 0.717) is 16.9 Å². The van der Waals surface area contributed by atoms with Gasteiger partial charge in [0.05, 0.1) is 6.10 Å². The van der Waals surface area contributed by atoms with Gasteiger partial charge in [0.15, 0.2) is 0 Å². The minimum Gasteiger partial charge on any atom is -0.508 e. The highest BCUT2D eigenvalue weighted by atomic mass is 16.5. The van der Waals surface area contributed by atoms with Crippen LogP contribution in [0.2, 0.25) is 0 Å². The third kappa shape index (κ3) is 2.36. The van der Waals surface area contributed by atoms with E-state index >= 15 is 0 Å². The quantitative estimate of drug-likeness (QED) is 0.645. The molecule has 1 aliphatic heterocycles. The van der Waals surface area contributed by atoms with Crippen LogP contribution in [0.25, 0.3) is 0 Å². The molecular weight excluding hydrogens is 272 g/mol. The number of aliphatic hydroxyl groups is 1. The van der Waals surface area contributed by atoms with Crippen LogP contribution in [-0.2, 0) is 6.42 Å². The number of aliphatic hydroxyl groups excluding tert-OH is 1. The van der Waals surface area contributed by atoms with Gasteiger partial charge in [-0.05, 0) is 24.1 Å². The Balaban J connectivity index is 2.00. The summed E-state index contributed by atoms with van der Waals surface area (Å²) in [7, 11) is 0. The van der Waals surface area contributed by atoms with Crippen LogP contribution in [0.1, 0.15) is 22.8 Å². The van der Waals surface area contributed by atoms with Crippen LogP contribution >= 0.6 is 0 Å². The molecule has 0 aromatic heterocycles. The molecule has 2 atom stereocenters. The molecule has 5 nitrogen and oxygen atoms in total. The number of aromatic hydroxyl groups is 3. The van der Waals surface area contributed by atoms with E-state index in [1.165, 1.54) is 12.1 Å². The molecule has 4 N–H and O–H groups in total. The fourth-order valence-corrected chi connectivity index (χ4v) is 2.55. The summed E-state index contributed by atoms with van der Waals surface area (Å²) >= 11 is 0. The summed E-state index contributed by atoms with van der Waals surface area (Å²) in [5.74, 6) is 0.262. The van der Waals surface area contributed by atoms with Crippen LogP contribution < -0.4 is 4.74 Å². The molecule has 0 aliphatic carbocycles. The SMILES string of the molecule is Cc1ccc([C@H]2Oc3cc(O)cc(O)c3C[C@H]2O)cc1O. The summed E-state index contributed by atoms with van der Waals surface area (Å²) in [4.78, 5) is 0. The Hall–Kier alpha value is -2.40. The van der Waals surface area contributed by atoms with Crippen LogP contribution in [0.3, 0.4) is 0 Å². The summed E-state index contributed by atoms with van der Waals surface area (Å²) < 4.78 is 5.71. The normalized spacial score (nSPS) is 20.7. The van der Waals surface area contributed by atoms with Crippen molar-refractivity contribution < 1.29 is 25.2 Å². The Morgan fingerprint density at radius 2 is 1.81 bits per heavy atom. The molecule has 0 spiro atoms. The van der Waals surface area contributed by atoms with E-state index in [2.05, 4.69) is 0 Å². The van der Waals surface area contributed by atoms with E-state index < -0.39 is 12.2 Å².